The number of nitrogens with one attached hydrogen (secondary N) is 1. The van der Waals surface area contributed by atoms with Gasteiger partial charge in [0.15, 0.2) is 0 Å². The predicted molar refractivity (Wildman–Crippen MR) is 142 cm³/mol. The van der Waals surface area contributed by atoms with E-state index in [4.69, 9.17) is 23.7 Å². The van der Waals surface area contributed by atoms with Crippen LogP contribution in [0.5, 0.6) is 0 Å². The average Bonchev–Trinajstić information content (AvgIpc) is 3.36. The van der Waals surface area contributed by atoms with Gasteiger partial charge < -0.3 is 0 Å². The third-order valence-electron chi connectivity index (χ3n) is 5.42. The summed E-state index contributed by atoms with van der Waals surface area (Å²) in [6.45, 7) is 5.11. The molecule has 10 nitrogen and oxygen atoms in total. The summed E-state index contributed by atoms with van der Waals surface area (Å²) in [6, 6.07) is 8.44. The molecule has 1 aromatic carbocycles. The number of ether oxygens (including phenoxy) is 5. The van der Waals surface area contributed by atoms with Crippen molar-refractivity contribution in [3.05, 3.63) is 24.3 Å². The first-order valence-electron chi connectivity index (χ1n) is 11.8. The molecule has 3 rings (SSSR count). The smallest absolute Gasteiger partial charge is 0.253 e. The van der Waals surface area contributed by atoms with Gasteiger partial charge in [0.05, 0.1) is 0 Å². The summed E-state index contributed by atoms with van der Waals surface area (Å²) in [5.74, 6) is -0.00333. The Morgan fingerprint density at radius 3 is 1.92 bits per heavy atom. The van der Waals surface area contributed by atoms with E-state index >= 15 is 0 Å². The normalized spacial score (nSPS) is 25.7. The van der Waals surface area contributed by atoms with E-state index in [1.165, 1.54) is 43.6 Å². The minimum atomic E-state index is -1.14. The van der Waals surface area contributed by atoms with Crippen molar-refractivity contribution in [2.24, 2.45) is 0 Å². The van der Waals surface area contributed by atoms with Crippen molar-refractivity contribution in [2.75, 3.05) is 30.0 Å². The Morgan fingerprint density at radius 1 is 0.838 bits per heavy atom. The van der Waals surface area contributed by atoms with Gasteiger partial charge in [-0.15, -0.1) is 0 Å². The number of carbonyl (C=O) groups excluding carboxylic acids is 4. The van der Waals surface area contributed by atoms with Crippen LogP contribution in [0.2, 0.25) is 0 Å². The molecule has 2 heterocycles. The molecule has 0 amide bonds. The van der Waals surface area contributed by atoms with Crippen LogP contribution in [0.3, 0.4) is 0 Å². The molecule has 1 N–H and O–H groups in total. The van der Waals surface area contributed by atoms with Crippen LogP contribution in [0.15, 0.2) is 24.3 Å². The summed E-state index contributed by atoms with van der Waals surface area (Å²) in [4.78, 5) is 47.2. The van der Waals surface area contributed by atoms with Gasteiger partial charge in [-0.2, -0.15) is 0 Å². The second-order valence-corrected chi connectivity index (χ2v) is 20.2. The van der Waals surface area contributed by atoms with Crippen molar-refractivity contribution in [2.45, 2.75) is 64.6 Å². The molecule has 0 aromatic heterocycles. The number of rotatable bonds is 10. The van der Waals surface area contributed by atoms with E-state index in [0.29, 0.717) is 13.0 Å². The van der Waals surface area contributed by atoms with Crippen molar-refractivity contribution in [1.82, 2.24) is 0 Å². The van der Waals surface area contributed by atoms with Crippen LogP contribution in [0.25, 0.3) is 0 Å². The van der Waals surface area contributed by atoms with Gasteiger partial charge in [-0.3, -0.25) is 14.4 Å². The van der Waals surface area contributed by atoms with Crippen LogP contribution < -0.4 is 9.67 Å². The number of anilines is 1. The van der Waals surface area contributed by atoms with Gasteiger partial charge in [-0.05, 0) is 0 Å². The molecule has 2 saturated heterocycles. The van der Waals surface area contributed by atoms with Gasteiger partial charge in [0.1, 0.15) is 0 Å². The zero-order chi connectivity index (χ0) is 26.9. The van der Waals surface area contributed by atoms with Crippen molar-refractivity contribution < 1.29 is 42.9 Å². The summed E-state index contributed by atoms with van der Waals surface area (Å²) in [5.41, 5.74) is 0.942. The number of hydrogen-bond acceptors (Lipinski definition) is 12. The number of carbonyl (C=O) groups is 4. The van der Waals surface area contributed by atoms with E-state index in [2.05, 4.69) is 49.6 Å². The first kappa shape index (κ1) is 29.7. The van der Waals surface area contributed by atoms with Crippen molar-refractivity contribution in [1.29, 1.82) is 0 Å². The molecule has 0 bridgehead atoms. The Hall–Kier alpha value is -1.88. The standard InChI is InChI=1S/C24H32AsNO9S2/c1-14(27)31-13-21-23(33-16(3)29)24(34-17(4)30)22(32-15(2)28)20(35-21)9-10-26-19-7-5-18(6-8-19)25-36-11-12-37-25/h5-8,20-24,26H,9-13H2,1-4H3/t20-,21-,22+,23-,24-/m1/s1. The van der Waals surface area contributed by atoms with Crippen LogP contribution in [0, 0.1) is 0 Å². The Balaban J connectivity index is 1.74. The molecule has 0 spiro atoms. The Kier molecular flexibility index (Phi) is 11.5. The quantitative estimate of drug-likeness (QED) is 0.234. The molecule has 37 heavy (non-hydrogen) atoms. The maximum atomic E-state index is 11.9. The summed E-state index contributed by atoms with van der Waals surface area (Å²) in [7, 11) is 4.18. The molecule has 0 saturated carbocycles. The van der Waals surface area contributed by atoms with Crippen molar-refractivity contribution in [3.63, 3.8) is 0 Å². The maximum absolute atomic E-state index is 11.9. The Bertz CT molecular complexity index is 958. The SMILES string of the molecule is CC(=O)OC[C@H]1O[C@H](CCNc2ccc([As]3SCCS3)cc2)[C@H](OC(C)=O)[C@@H](OC(C)=O)[C@@H]1OC(C)=O. The number of hydrogen-bond donors (Lipinski definition) is 1. The first-order chi connectivity index (χ1) is 17.6. The molecule has 0 unspecified atom stereocenters. The van der Waals surface area contributed by atoms with Gasteiger partial charge >= 0.3 is 193 Å². The van der Waals surface area contributed by atoms with Crippen LogP contribution >= 0.6 is 20.0 Å². The van der Waals surface area contributed by atoms with E-state index < -0.39 is 66.7 Å². The van der Waals surface area contributed by atoms with E-state index in [1.807, 2.05) is 0 Å². The van der Waals surface area contributed by atoms with Gasteiger partial charge in [0, 0.05) is 20.8 Å². The molecule has 0 aliphatic carbocycles. The Morgan fingerprint density at radius 2 is 1.38 bits per heavy atom. The molecule has 5 atom stereocenters. The van der Waals surface area contributed by atoms with Crippen LogP contribution in [-0.2, 0) is 42.9 Å². The fraction of sp³-hybridized carbons (Fsp3) is 0.583. The summed E-state index contributed by atoms with van der Waals surface area (Å²) in [6.07, 6.45) is -4.62. The van der Waals surface area contributed by atoms with Gasteiger partial charge in [0.25, 0.3) is 0 Å². The molecule has 0 radical (unpaired) electrons. The fourth-order valence-electron chi connectivity index (χ4n) is 4.04. The summed E-state index contributed by atoms with van der Waals surface area (Å²) in [5, 5.41) is 3.35. The van der Waals surface area contributed by atoms with E-state index in [-0.39, 0.29) is 6.61 Å². The average molecular weight is 618 g/mol. The monoisotopic (exact) mass is 617 g/mol. The zero-order valence-electron chi connectivity index (χ0n) is 21.2. The van der Waals surface area contributed by atoms with E-state index in [9.17, 15) is 19.2 Å². The zero-order valence-corrected chi connectivity index (χ0v) is 24.7. The molecule has 2 fully saturated rings. The molecule has 204 valence electrons. The second kappa shape index (κ2) is 14.3. The minimum Gasteiger partial charge on any atom is -0.253 e. The third-order valence-corrected chi connectivity index (χ3v) is 19.2. The topological polar surface area (TPSA) is 126 Å². The predicted octanol–water partition coefficient (Wildman–Crippen LogP) is 1.79. The molecular formula is C24H32AsNO9S2. The van der Waals surface area contributed by atoms with Gasteiger partial charge in [0.2, 0.25) is 0 Å². The molecule has 13 heteroatoms. The third kappa shape index (κ3) is 9.12. The van der Waals surface area contributed by atoms with Gasteiger partial charge in [-0.1, -0.05) is 0 Å². The van der Waals surface area contributed by atoms with Crippen LogP contribution in [0.4, 0.5) is 5.69 Å². The molecule has 2 aliphatic heterocycles. The van der Waals surface area contributed by atoms with E-state index in [0.717, 1.165) is 5.69 Å². The second-order valence-electron chi connectivity index (χ2n) is 8.42. The fourth-order valence-corrected chi connectivity index (χ4v) is 18.2. The van der Waals surface area contributed by atoms with E-state index in [1.54, 1.807) is 0 Å². The van der Waals surface area contributed by atoms with Crippen molar-refractivity contribution >= 4 is 66.3 Å². The molecule has 2 aliphatic rings. The number of esters is 4. The van der Waals surface area contributed by atoms with Crippen LogP contribution in [-0.4, -0.2) is 91.4 Å². The van der Waals surface area contributed by atoms with Gasteiger partial charge in [-0.25, -0.2) is 0 Å². The van der Waals surface area contributed by atoms with Crippen molar-refractivity contribution in [3.8, 4) is 0 Å². The minimum absolute atomic E-state index is 0.232. The first-order valence-corrected chi connectivity index (χ1v) is 19.3. The summed E-state index contributed by atoms with van der Waals surface area (Å²) >= 11 is -1.04. The Labute approximate surface area is 227 Å². The molecule has 1 aromatic rings. The number of benzene rings is 1. The molecular weight excluding hydrogens is 585 g/mol. The summed E-state index contributed by atoms with van der Waals surface area (Å²) < 4.78 is 29.1. The van der Waals surface area contributed by atoms with Crippen LogP contribution in [0.1, 0.15) is 34.1 Å².